The normalized spacial score (nSPS) is 19.3. The third kappa shape index (κ3) is 7.88. The molecule has 6 rings (SSSR count). The Balaban J connectivity index is 1.30. The highest BCUT2D eigenvalue weighted by atomic mass is 16.5. The van der Waals surface area contributed by atoms with Gasteiger partial charge in [0.25, 0.3) is 5.91 Å². The predicted octanol–water partition coefficient (Wildman–Crippen LogP) is 4.88. The predicted molar refractivity (Wildman–Crippen MR) is 177 cm³/mol. The molecule has 1 fully saturated rings. The van der Waals surface area contributed by atoms with Gasteiger partial charge in [-0.3, -0.25) is 14.4 Å². The minimum absolute atomic E-state index is 0.0560. The summed E-state index contributed by atoms with van der Waals surface area (Å²) < 4.78 is 7.96. The van der Waals surface area contributed by atoms with Crippen LogP contribution in [0, 0.1) is 6.92 Å². The summed E-state index contributed by atoms with van der Waals surface area (Å²) >= 11 is 0. The number of rotatable bonds is 6. The standard InChI is InChI=1S/C37H42N6O4/c1-27-38-35-31(25-28-13-4-2-5-14-28)39-36(45)32-18-10-11-22-42(32)34(44)20-12-21-41(23-24-43(35)40-27)37(46)30-17-8-9-19-33(30)47-26-29-15-6-3-7-16-29/h2-9,13-17,19,31-32H,10-12,18,20-26H2,1H3,(H,39,45)/t31-,32+/m1/s1. The van der Waals surface area contributed by atoms with E-state index in [1.807, 2.05) is 90.5 Å². The lowest BCUT2D eigenvalue weighted by Gasteiger charge is -2.36. The second-order valence-electron chi connectivity index (χ2n) is 12.3. The maximum atomic E-state index is 14.2. The van der Waals surface area contributed by atoms with Gasteiger partial charge in [-0.1, -0.05) is 72.8 Å². The van der Waals surface area contributed by atoms with Crippen molar-refractivity contribution in [2.24, 2.45) is 0 Å². The van der Waals surface area contributed by atoms with Gasteiger partial charge in [-0.25, -0.2) is 9.67 Å². The zero-order chi connectivity index (χ0) is 32.6. The summed E-state index contributed by atoms with van der Waals surface area (Å²) in [5.41, 5.74) is 2.52. The average Bonchev–Trinajstić information content (AvgIpc) is 3.48. The van der Waals surface area contributed by atoms with Crippen LogP contribution in [0.25, 0.3) is 0 Å². The first-order valence-electron chi connectivity index (χ1n) is 16.6. The molecule has 10 heteroatoms. The molecule has 2 aliphatic heterocycles. The average molecular weight is 635 g/mol. The van der Waals surface area contributed by atoms with Crippen molar-refractivity contribution in [2.45, 2.75) is 70.7 Å². The number of para-hydroxylation sites is 1. The van der Waals surface area contributed by atoms with Gasteiger partial charge in [0.2, 0.25) is 11.8 Å². The molecule has 1 N–H and O–H groups in total. The van der Waals surface area contributed by atoms with Crippen molar-refractivity contribution in [3.05, 3.63) is 113 Å². The van der Waals surface area contributed by atoms with Gasteiger partial charge in [-0.15, -0.1) is 0 Å². The lowest BCUT2D eigenvalue weighted by atomic mass is 9.99. The third-order valence-corrected chi connectivity index (χ3v) is 8.89. The molecule has 1 aromatic heterocycles. The monoisotopic (exact) mass is 634 g/mol. The van der Waals surface area contributed by atoms with Gasteiger partial charge >= 0.3 is 0 Å². The minimum atomic E-state index is -0.540. The Bertz CT molecular complexity index is 1670. The molecule has 0 bridgehead atoms. The van der Waals surface area contributed by atoms with E-state index in [1.54, 1.807) is 15.9 Å². The van der Waals surface area contributed by atoms with E-state index in [9.17, 15) is 14.4 Å². The number of nitrogens with one attached hydrogen (secondary N) is 1. The van der Waals surface area contributed by atoms with E-state index in [1.165, 1.54) is 0 Å². The number of fused-ring (bicyclic) bond motifs is 2. The van der Waals surface area contributed by atoms with Crippen molar-refractivity contribution in [1.82, 2.24) is 29.9 Å². The number of aromatic nitrogens is 3. The van der Waals surface area contributed by atoms with Gasteiger partial charge in [0.15, 0.2) is 0 Å². The number of hydrogen-bond donors (Lipinski definition) is 1. The van der Waals surface area contributed by atoms with Crippen molar-refractivity contribution in [1.29, 1.82) is 0 Å². The second-order valence-corrected chi connectivity index (χ2v) is 12.3. The molecule has 0 spiro atoms. The lowest BCUT2D eigenvalue weighted by Crippen LogP contribution is -2.53. The third-order valence-electron chi connectivity index (χ3n) is 8.89. The van der Waals surface area contributed by atoms with E-state index in [4.69, 9.17) is 14.8 Å². The fourth-order valence-corrected chi connectivity index (χ4v) is 6.49. The topological polar surface area (TPSA) is 110 Å². The number of nitrogens with zero attached hydrogens (tertiary/aromatic N) is 5. The first-order chi connectivity index (χ1) is 23.0. The number of aryl methyl sites for hydroxylation is 1. The molecular weight excluding hydrogens is 592 g/mol. The molecule has 3 heterocycles. The van der Waals surface area contributed by atoms with Gasteiger partial charge in [0.1, 0.15) is 30.0 Å². The molecule has 10 nitrogen and oxygen atoms in total. The first-order valence-corrected chi connectivity index (χ1v) is 16.6. The van der Waals surface area contributed by atoms with Crippen molar-refractivity contribution in [3.63, 3.8) is 0 Å². The Morgan fingerprint density at radius 3 is 2.36 bits per heavy atom. The Morgan fingerprint density at radius 1 is 0.851 bits per heavy atom. The highest BCUT2D eigenvalue weighted by Crippen LogP contribution is 2.25. The summed E-state index contributed by atoms with van der Waals surface area (Å²) in [5.74, 6) is 1.34. The summed E-state index contributed by atoms with van der Waals surface area (Å²) in [6.07, 6.45) is 3.60. The molecule has 3 amide bonds. The van der Waals surface area contributed by atoms with Crippen LogP contribution in [0.15, 0.2) is 84.9 Å². The highest BCUT2D eigenvalue weighted by Gasteiger charge is 2.34. The molecule has 2 atom stereocenters. The number of carbonyl (C=O) groups excluding carboxylic acids is 3. The van der Waals surface area contributed by atoms with Gasteiger partial charge < -0.3 is 19.9 Å². The van der Waals surface area contributed by atoms with Crippen LogP contribution >= 0.6 is 0 Å². The molecular formula is C37H42N6O4. The Morgan fingerprint density at radius 2 is 1.57 bits per heavy atom. The van der Waals surface area contributed by atoms with Gasteiger partial charge in [0.05, 0.1) is 18.2 Å². The highest BCUT2D eigenvalue weighted by molar-refractivity contribution is 5.97. The molecule has 244 valence electrons. The van der Waals surface area contributed by atoms with Crippen molar-refractivity contribution in [3.8, 4) is 5.75 Å². The summed E-state index contributed by atoms with van der Waals surface area (Å²) in [7, 11) is 0. The molecule has 0 unspecified atom stereocenters. The van der Waals surface area contributed by atoms with Crippen LogP contribution in [0.4, 0.5) is 0 Å². The van der Waals surface area contributed by atoms with E-state index in [0.29, 0.717) is 75.0 Å². The van der Waals surface area contributed by atoms with Crippen molar-refractivity contribution >= 4 is 17.7 Å². The molecule has 2 aliphatic rings. The number of carbonyl (C=O) groups is 3. The Hall–Kier alpha value is -4.99. The second kappa shape index (κ2) is 15.1. The van der Waals surface area contributed by atoms with E-state index < -0.39 is 12.1 Å². The number of benzene rings is 3. The molecule has 4 aromatic rings. The molecule has 3 aromatic carbocycles. The quantitative estimate of drug-likeness (QED) is 0.324. The van der Waals surface area contributed by atoms with E-state index in [0.717, 1.165) is 24.0 Å². The van der Waals surface area contributed by atoms with Crippen molar-refractivity contribution in [2.75, 3.05) is 19.6 Å². The zero-order valence-corrected chi connectivity index (χ0v) is 26.9. The van der Waals surface area contributed by atoms with Crippen LogP contribution in [0.1, 0.15) is 71.3 Å². The van der Waals surface area contributed by atoms with Crippen molar-refractivity contribution < 1.29 is 19.1 Å². The number of hydrogen-bond acceptors (Lipinski definition) is 6. The number of piperidine rings is 1. The van der Waals surface area contributed by atoms with Crippen LogP contribution in [-0.4, -0.2) is 68.0 Å². The fourth-order valence-electron chi connectivity index (χ4n) is 6.49. The van der Waals surface area contributed by atoms with Crippen LogP contribution in [0.5, 0.6) is 5.75 Å². The number of amides is 3. The molecule has 0 saturated carbocycles. The smallest absolute Gasteiger partial charge is 0.257 e. The van der Waals surface area contributed by atoms with E-state index >= 15 is 0 Å². The Labute approximate surface area is 275 Å². The molecule has 0 aliphatic carbocycles. The van der Waals surface area contributed by atoms with Crippen LogP contribution in [-0.2, 0) is 29.2 Å². The summed E-state index contributed by atoms with van der Waals surface area (Å²) in [6, 6.07) is 26.1. The van der Waals surface area contributed by atoms with Crippen LogP contribution < -0.4 is 10.1 Å². The van der Waals surface area contributed by atoms with E-state index in [-0.39, 0.29) is 24.1 Å². The molecule has 47 heavy (non-hydrogen) atoms. The Kier molecular flexibility index (Phi) is 10.2. The molecule has 1 saturated heterocycles. The van der Waals surface area contributed by atoms with Gasteiger partial charge in [-0.05, 0) is 62.3 Å². The van der Waals surface area contributed by atoms with Gasteiger partial charge in [-0.2, -0.15) is 5.10 Å². The molecule has 0 radical (unpaired) electrons. The fraction of sp³-hybridized carbons (Fsp3) is 0.378. The zero-order valence-electron chi connectivity index (χ0n) is 26.9. The first kappa shape index (κ1) is 32.0. The minimum Gasteiger partial charge on any atom is -0.488 e. The largest absolute Gasteiger partial charge is 0.488 e. The maximum absolute atomic E-state index is 14.2. The number of ether oxygens (including phenoxy) is 1. The van der Waals surface area contributed by atoms with E-state index in [2.05, 4.69) is 5.32 Å². The van der Waals surface area contributed by atoms with Gasteiger partial charge in [0, 0.05) is 26.1 Å². The van der Waals surface area contributed by atoms with Crippen LogP contribution in [0.2, 0.25) is 0 Å². The maximum Gasteiger partial charge on any atom is 0.257 e. The summed E-state index contributed by atoms with van der Waals surface area (Å²) in [4.78, 5) is 49.9. The summed E-state index contributed by atoms with van der Waals surface area (Å²) in [5, 5.41) is 7.96. The summed E-state index contributed by atoms with van der Waals surface area (Å²) in [6.45, 7) is 3.81. The van der Waals surface area contributed by atoms with Crippen LogP contribution in [0.3, 0.4) is 0 Å². The SMILES string of the molecule is Cc1nc2n(n1)CCN(C(=O)c1ccccc1OCc1ccccc1)CCCC(=O)N1CCCC[C@H]1C(=O)N[C@@H]2Cc1ccccc1. The lowest BCUT2D eigenvalue weighted by molar-refractivity contribution is -0.142.